The van der Waals surface area contributed by atoms with Crippen LogP contribution in [0.1, 0.15) is 17.2 Å². The summed E-state index contributed by atoms with van der Waals surface area (Å²) in [4.78, 5) is 2.26. The van der Waals surface area contributed by atoms with Gasteiger partial charge >= 0.3 is 0 Å². The summed E-state index contributed by atoms with van der Waals surface area (Å²) in [6.45, 7) is 4.86. The molecule has 2 rings (SSSR count). The number of aryl methyl sites for hydroxylation is 1. The first kappa shape index (κ1) is 13.5. The van der Waals surface area contributed by atoms with Crippen LogP contribution >= 0.6 is 0 Å². The molecule has 0 aromatic heterocycles. The molecule has 100 valence electrons. The number of nitrogens with zero attached hydrogens (tertiary/aromatic N) is 1. The number of hydrogen-bond acceptors (Lipinski definition) is 4. The quantitative estimate of drug-likeness (QED) is 0.825. The van der Waals surface area contributed by atoms with E-state index in [2.05, 4.69) is 36.1 Å². The molecule has 1 fully saturated rings. The third-order valence-electron chi connectivity index (χ3n) is 3.53. The molecule has 0 radical (unpaired) electrons. The highest BCUT2D eigenvalue weighted by Crippen LogP contribution is 2.24. The zero-order valence-electron chi connectivity index (χ0n) is 10.9. The highest BCUT2D eigenvalue weighted by Gasteiger charge is 2.29. The molecule has 0 amide bonds. The molecule has 2 unspecified atom stereocenters. The van der Waals surface area contributed by atoms with Crippen molar-refractivity contribution in [3.8, 4) is 0 Å². The molecule has 1 heterocycles. The van der Waals surface area contributed by atoms with Crippen LogP contribution in [0.25, 0.3) is 0 Å². The van der Waals surface area contributed by atoms with E-state index in [0.29, 0.717) is 19.8 Å². The molecule has 4 heteroatoms. The van der Waals surface area contributed by atoms with Crippen molar-refractivity contribution >= 4 is 0 Å². The number of morpholine rings is 1. The topological polar surface area (TPSA) is 58.7 Å². The van der Waals surface area contributed by atoms with Crippen LogP contribution in [0.2, 0.25) is 0 Å². The van der Waals surface area contributed by atoms with Gasteiger partial charge in [-0.25, -0.2) is 0 Å². The van der Waals surface area contributed by atoms with Gasteiger partial charge in [0, 0.05) is 19.1 Å². The van der Waals surface area contributed by atoms with Gasteiger partial charge in [-0.3, -0.25) is 4.90 Å². The fourth-order valence-electron chi connectivity index (χ4n) is 2.58. The number of aliphatic hydroxyl groups excluding tert-OH is 1. The molecule has 1 saturated heterocycles. The molecule has 1 aliphatic rings. The van der Waals surface area contributed by atoms with Gasteiger partial charge in [0.15, 0.2) is 0 Å². The maximum absolute atomic E-state index is 9.44. The van der Waals surface area contributed by atoms with Crippen molar-refractivity contribution in [2.45, 2.75) is 19.0 Å². The van der Waals surface area contributed by atoms with Crippen LogP contribution in [0.3, 0.4) is 0 Å². The maximum Gasteiger partial charge on any atom is 0.0645 e. The van der Waals surface area contributed by atoms with E-state index >= 15 is 0 Å². The van der Waals surface area contributed by atoms with Crippen molar-refractivity contribution in [2.24, 2.45) is 5.73 Å². The first-order chi connectivity index (χ1) is 8.76. The molecule has 0 bridgehead atoms. The Morgan fingerprint density at radius 3 is 3.06 bits per heavy atom. The molecule has 1 aromatic rings. The molecule has 0 spiro atoms. The van der Waals surface area contributed by atoms with Crippen molar-refractivity contribution in [3.05, 3.63) is 35.4 Å². The van der Waals surface area contributed by atoms with E-state index in [4.69, 9.17) is 10.5 Å². The van der Waals surface area contributed by atoms with Crippen molar-refractivity contribution in [1.29, 1.82) is 0 Å². The van der Waals surface area contributed by atoms with Gasteiger partial charge in [0.25, 0.3) is 0 Å². The SMILES string of the molecule is Cc1cccc(C(CN)N2CCOCC2CO)c1. The van der Waals surface area contributed by atoms with Crippen LogP contribution in [-0.2, 0) is 4.74 Å². The zero-order chi connectivity index (χ0) is 13.0. The van der Waals surface area contributed by atoms with Crippen molar-refractivity contribution in [1.82, 2.24) is 4.90 Å². The van der Waals surface area contributed by atoms with Gasteiger partial charge in [0.05, 0.1) is 25.9 Å². The first-order valence-electron chi connectivity index (χ1n) is 6.47. The minimum Gasteiger partial charge on any atom is -0.395 e. The van der Waals surface area contributed by atoms with Gasteiger partial charge in [0.1, 0.15) is 0 Å². The van der Waals surface area contributed by atoms with Gasteiger partial charge in [0.2, 0.25) is 0 Å². The fourth-order valence-corrected chi connectivity index (χ4v) is 2.58. The Morgan fingerprint density at radius 1 is 1.56 bits per heavy atom. The standard InChI is InChI=1S/C14H22N2O2/c1-11-3-2-4-12(7-11)14(8-15)16-5-6-18-10-13(16)9-17/h2-4,7,13-14,17H,5-6,8-10,15H2,1H3. The summed E-state index contributed by atoms with van der Waals surface area (Å²) >= 11 is 0. The maximum atomic E-state index is 9.44. The lowest BCUT2D eigenvalue weighted by atomic mass is 10.0. The molecule has 2 atom stereocenters. The molecule has 1 aliphatic heterocycles. The summed E-state index contributed by atoms with van der Waals surface area (Å²) in [5.41, 5.74) is 8.39. The number of benzene rings is 1. The van der Waals surface area contributed by atoms with Gasteiger partial charge < -0.3 is 15.6 Å². The molecule has 0 aliphatic carbocycles. The molecule has 4 nitrogen and oxygen atoms in total. The van der Waals surface area contributed by atoms with Crippen LogP contribution in [0.5, 0.6) is 0 Å². The lowest BCUT2D eigenvalue weighted by Crippen LogP contribution is -2.50. The predicted molar refractivity (Wildman–Crippen MR) is 71.4 cm³/mol. The Bertz CT molecular complexity index is 384. The number of hydrogen-bond donors (Lipinski definition) is 2. The van der Waals surface area contributed by atoms with E-state index in [1.54, 1.807) is 0 Å². The summed E-state index contributed by atoms with van der Waals surface area (Å²) in [5.74, 6) is 0. The van der Waals surface area contributed by atoms with E-state index in [-0.39, 0.29) is 18.7 Å². The summed E-state index contributed by atoms with van der Waals surface area (Å²) < 4.78 is 5.42. The summed E-state index contributed by atoms with van der Waals surface area (Å²) in [7, 11) is 0. The van der Waals surface area contributed by atoms with Crippen LogP contribution in [0, 0.1) is 6.92 Å². The van der Waals surface area contributed by atoms with E-state index in [1.807, 2.05) is 0 Å². The molecule has 18 heavy (non-hydrogen) atoms. The smallest absolute Gasteiger partial charge is 0.0645 e. The monoisotopic (exact) mass is 250 g/mol. The second kappa shape index (κ2) is 6.29. The lowest BCUT2D eigenvalue weighted by molar-refractivity contribution is -0.0463. The van der Waals surface area contributed by atoms with Crippen LogP contribution < -0.4 is 5.73 Å². The van der Waals surface area contributed by atoms with Gasteiger partial charge in [-0.1, -0.05) is 29.8 Å². The van der Waals surface area contributed by atoms with E-state index in [1.165, 1.54) is 11.1 Å². The zero-order valence-corrected chi connectivity index (χ0v) is 10.9. The lowest BCUT2D eigenvalue weighted by Gasteiger charge is -2.40. The number of ether oxygens (including phenoxy) is 1. The average molecular weight is 250 g/mol. The second-order valence-corrected chi connectivity index (χ2v) is 4.81. The van der Waals surface area contributed by atoms with Crippen LogP contribution in [0.15, 0.2) is 24.3 Å². The molecule has 1 aromatic carbocycles. The van der Waals surface area contributed by atoms with Crippen molar-refractivity contribution < 1.29 is 9.84 Å². The van der Waals surface area contributed by atoms with Crippen LogP contribution in [-0.4, -0.2) is 49.0 Å². The Kier molecular flexibility index (Phi) is 4.72. The Morgan fingerprint density at radius 2 is 2.39 bits per heavy atom. The normalized spacial score (nSPS) is 22.9. The number of rotatable bonds is 4. The Labute approximate surface area is 108 Å². The summed E-state index contributed by atoms with van der Waals surface area (Å²) in [6.07, 6.45) is 0. The predicted octanol–water partition coefficient (Wildman–Crippen LogP) is 0.688. The third-order valence-corrected chi connectivity index (χ3v) is 3.53. The van der Waals surface area contributed by atoms with Gasteiger partial charge in [-0.05, 0) is 12.5 Å². The van der Waals surface area contributed by atoms with E-state index in [9.17, 15) is 5.11 Å². The van der Waals surface area contributed by atoms with Crippen molar-refractivity contribution in [2.75, 3.05) is 32.9 Å². The van der Waals surface area contributed by atoms with Gasteiger partial charge in [-0.2, -0.15) is 0 Å². The van der Waals surface area contributed by atoms with Crippen LogP contribution in [0.4, 0.5) is 0 Å². The Balaban J connectivity index is 2.21. The van der Waals surface area contributed by atoms with E-state index in [0.717, 1.165) is 6.54 Å². The number of nitrogens with two attached hydrogens (primary N) is 1. The Hall–Kier alpha value is -0.940. The average Bonchev–Trinajstić information content (AvgIpc) is 2.40. The second-order valence-electron chi connectivity index (χ2n) is 4.81. The largest absolute Gasteiger partial charge is 0.395 e. The minimum atomic E-state index is 0.0489. The third kappa shape index (κ3) is 2.90. The fraction of sp³-hybridized carbons (Fsp3) is 0.571. The molecular formula is C14H22N2O2. The highest BCUT2D eigenvalue weighted by atomic mass is 16.5. The molecule has 3 N–H and O–H groups in total. The molecule has 0 saturated carbocycles. The van der Waals surface area contributed by atoms with Gasteiger partial charge in [-0.15, -0.1) is 0 Å². The number of aliphatic hydroxyl groups is 1. The minimum absolute atomic E-state index is 0.0489. The summed E-state index contributed by atoms with van der Waals surface area (Å²) in [5, 5.41) is 9.44. The first-order valence-corrected chi connectivity index (χ1v) is 6.47. The molecular weight excluding hydrogens is 228 g/mol. The summed E-state index contributed by atoms with van der Waals surface area (Å²) in [6, 6.07) is 8.62. The van der Waals surface area contributed by atoms with E-state index < -0.39 is 0 Å². The van der Waals surface area contributed by atoms with Crippen molar-refractivity contribution in [3.63, 3.8) is 0 Å². The highest BCUT2D eigenvalue weighted by molar-refractivity contribution is 5.25.